The zero-order valence-electron chi connectivity index (χ0n) is 13.4. The minimum atomic E-state index is -0.282. The molecule has 2 rings (SSSR count). The summed E-state index contributed by atoms with van der Waals surface area (Å²) >= 11 is 0. The summed E-state index contributed by atoms with van der Waals surface area (Å²) in [7, 11) is 0. The fourth-order valence-corrected chi connectivity index (χ4v) is 2.34. The Bertz CT molecular complexity index is 613. The standard InChI is InChI=1S/C19H23NO3/c1-2-22-19(21)13-17(20)12-16-10-6-7-11-18(16)23-14-15-8-4-3-5-9-15/h3-11,17H,2,12-14,20H2,1H3. The van der Waals surface area contributed by atoms with Gasteiger partial charge in [-0.2, -0.15) is 0 Å². The molecule has 0 spiro atoms. The van der Waals surface area contributed by atoms with Gasteiger partial charge in [-0.3, -0.25) is 4.79 Å². The van der Waals surface area contributed by atoms with Crippen LogP contribution < -0.4 is 10.5 Å². The lowest BCUT2D eigenvalue weighted by Gasteiger charge is -2.15. The predicted octanol–water partition coefficient (Wildman–Crippen LogP) is 3.09. The molecule has 4 heteroatoms. The third kappa shape index (κ3) is 5.75. The molecule has 0 aliphatic heterocycles. The second kappa shape index (κ2) is 8.96. The molecule has 0 aliphatic rings. The van der Waals surface area contributed by atoms with E-state index in [0.29, 0.717) is 19.6 Å². The largest absolute Gasteiger partial charge is 0.489 e. The van der Waals surface area contributed by atoms with Gasteiger partial charge in [-0.15, -0.1) is 0 Å². The van der Waals surface area contributed by atoms with E-state index in [0.717, 1.165) is 16.9 Å². The molecular formula is C19H23NO3. The zero-order valence-corrected chi connectivity index (χ0v) is 13.4. The Morgan fingerprint density at radius 2 is 1.78 bits per heavy atom. The van der Waals surface area contributed by atoms with Crippen LogP contribution in [0, 0.1) is 0 Å². The van der Waals surface area contributed by atoms with Gasteiger partial charge in [0.25, 0.3) is 0 Å². The predicted molar refractivity (Wildman–Crippen MR) is 90.1 cm³/mol. The third-order valence-corrected chi connectivity index (χ3v) is 3.43. The molecule has 0 bridgehead atoms. The zero-order chi connectivity index (χ0) is 16.5. The molecule has 0 fully saturated rings. The van der Waals surface area contributed by atoms with Crippen LogP contribution in [0.4, 0.5) is 0 Å². The van der Waals surface area contributed by atoms with Crippen molar-refractivity contribution in [2.24, 2.45) is 5.73 Å². The molecule has 0 aromatic heterocycles. The van der Waals surface area contributed by atoms with Gasteiger partial charge in [0.1, 0.15) is 12.4 Å². The van der Waals surface area contributed by atoms with E-state index in [1.807, 2.05) is 54.6 Å². The van der Waals surface area contributed by atoms with Crippen molar-refractivity contribution in [3.63, 3.8) is 0 Å². The monoisotopic (exact) mass is 313 g/mol. The third-order valence-electron chi connectivity index (χ3n) is 3.43. The molecule has 2 aromatic carbocycles. The molecule has 23 heavy (non-hydrogen) atoms. The molecule has 1 atom stereocenters. The van der Waals surface area contributed by atoms with Gasteiger partial charge < -0.3 is 15.2 Å². The van der Waals surface area contributed by atoms with E-state index in [-0.39, 0.29) is 18.4 Å². The molecule has 0 saturated carbocycles. The average Bonchev–Trinajstić information content (AvgIpc) is 2.55. The van der Waals surface area contributed by atoms with Crippen LogP contribution in [0.1, 0.15) is 24.5 Å². The first kappa shape index (κ1) is 17.0. The maximum Gasteiger partial charge on any atom is 0.307 e. The van der Waals surface area contributed by atoms with Crippen LogP contribution in [0.3, 0.4) is 0 Å². The fourth-order valence-electron chi connectivity index (χ4n) is 2.34. The highest BCUT2D eigenvalue weighted by Crippen LogP contribution is 2.21. The molecule has 0 radical (unpaired) electrons. The second-order valence-electron chi connectivity index (χ2n) is 5.36. The first-order valence-corrected chi connectivity index (χ1v) is 7.85. The summed E-state index contributed by atoms with van der Waals surface area (Å²) in [6.07, 6.45) is 0.782. The maximum absolute atomic E-state index is 11.5. The Morgan fingerprint density at radius 3 is 2.52 bits per heavy atom. The molecule has 2 aromatic rings. The Morgan fingerprint density at radius 1 is 1.09 bits per heavy atom. The van der Waals surface area contributed by atoms with Gasteiger partial charge in [-0.25, -0.2) is 0 Å². The summed E-state index contributed by atoms with van der Waals surface area (Å²) in [4.78, 5) is 11.5. The van der Waals surface area contributed by atoms with Crippen LogP contribution in [0.5, 0.6) is 5.75 Å². The van der Waals surface area contributed by atoms with E-state index in [1.165, 1.54) is 0 Å². The molecule has 0 saturated heterocycles. The lowest BCUT2D eigenvalue weighted by molar-refractivity contribution is -0.143. The average molecular weight is 313 g/mol. The lowest BCUT2D eigenvalue weighted by atomic mass is 10.0. The van der Waals surface area contributed by atoms with Crippen molar-refractivity contribution in [2.45, 2.75) is 32.4 Å². The second-order valence-corrected chi connectivity index (χ2v) is 5.36. The number of rotatable bonds is 8. The number of hydrogen-bond acceptors (Lipinski definition) is 4. The summed E-state index contributed by atoms with van der Waals surface area (Å²) < 4.78 is 10.8. The van der Waals surface area contributed by atoms with Gasteiger partial charge in [-0.1, -0.05) is 48.5 Å². The molecule has 0 amide bonds. The number of carbonyl (C=O) groups is 1. The van der Waals surface area contributed by atoms with Gasteiger partial charge in [-0.05, 0) is 30.5 Å². The van der Waals surface area contributed by atoms with E-state index < -0.39 is 0 Å². The highest BCUT2D eigenvalue weighted by Gasteiger charge is 2.13. The first-order chi connectivity index (χ1) is 11.2. The number of para-hydroxylation sites is 1. The van der Waals surface area contributed by atoms with Gasteiger partial charge in [0.2, 0.25) is 0 Å². The smallest absolute Gasteiger partial charge is 0.307 e. The van der Waals surface area contributed by atoms with Crippen molar-refractivity contribution in [2.75, 3.05) is 6.61 Å². The van der Waals surface area contributed by atoms with E-state index in [9.17, 15) is 4.79 Å². The molecule has 4 nitrogen and oxygen atoms in total. The number of ether oxygens (including phenoxy) is 2. The van der Waals surface area contributed by atoms with E-state index in [4.69, 9.17) is 15.2 Å². The Labute approximate surface area is 137 Å². The summed E-state index contributed by atoms with van der Waals surface area (Å²) in [5.41, 5.74) is 8.17. The Kier molecular flexibility index (Phi) is 6.63. The quantitative estimate of drug-likeness (QED) is 0.761. The number of esters is 1. The van der Waals surface area contributed by atoms with Gasteiger partial charge >= 0.3 is 5.97 Å². The van der Waals surface area contributed by atoms with Crippen molar-refractivity contribution < 1.29 is 14.3 Å². The van der Waals surface area contributed by atoms with Crippen LogP contribution in [0.15, 0.2) is 54.6 Å². The van der Waals surface area contributed by atoms with E-state index in [2.05, 4.69) is 0 Å². The SMILES string of the molecule is CCOC(=O)CC(N)Cc1ccccc1OCc1ccccc1. The highest BCUT2D eigenvalue weighted by molar-refractivity contribution is 5.70. The topological polar surface area (TPSA) is 61.5 Å². The lowest BCUT2D eigenvalue weighted by Crippen LogP contribution is -2.27. The molecule has 0 aliphatic carbocycles. The van der Waals surface area contributed by atoms with E-state index in [1.54, 1.807) is 6.92 Å². The summed E-state index contributed by atoms with van der Waals surface area (Å²) in [6, 6.07) is 17.5. The fraction of sp³-hybridized carbons (Fsp3) is 0.316. The van der Waals surface area contributed by atoms with E-state index >= 15 is 0 Å². The van der Waals surface area contributed by atoms with Crippen molar-refractivity contribution in [3.05, 3.63) is 65.7 Å². The number of hydrogen-bond donors (Lipinski definition) is 1. The Hall–Kier alpha value is -2.33. The molecule has 122 valence electrons. The number of benzene rings is 2. The van der Waals surface area contributed by atoms with Gasteiger partial charge in [0.05, 0.1) is 13.0 Å². The molecule has 2 N–H and O–H groups in total. The summed E-state index contributed by atoms with van der Waals surface area (Å²) in [6.45, 7) is 2.67. The van der Waals surface area contributed by atoms with Crippen molar-refractivity contribution in [1.29, 1.82) is 0 Å². The maximum atomic E-state index is 11.5. The minimum absolute atomic E-state index is 0.209. The summed E-state index contributed by atoms with van der Waals surface area (Å²) in [5.74, 6) is 0.540. The normalized spacial score (nSPS) is 11.7. The molecule has 1 unspecified atom stereocenters. The number of carbonyl (C=O) groups excluding carboxylic acids is 1. The van der Waals surface area contributed by atoms with Crippen LogP contribution in [0.25, 0.3) is 0 Å². The molecular weight excluding hydrogens is 290 g/mol. The van der Waals surface area contributed by atoms with Crippen molar-refractivity contribution in [3.8, 4) is 5.75 Å². The summed E-state index contributed by atoms with van der Waals surface area (Å²) in [5, 5.41) is 0. The highest BCUT2D eigenvalue weighted by atomic mass is 16.5. The minimum Gasteiger partial charge on any atom is -0.489 e. The van der Waals surface area contributed by atoms with Crippen LogP contribution in [0.2, 0.25) is 0 Å². The van der Waals surface area contributed by atoms with Gasteiger partial charge in [0, 0.05) is 6.04 Å². The van der Waals surface area contributed by atoms with Crippen LogP contribution in [-0.4, -0.2) is 18.6 Å². The van der Waals surface area contributed by atoms with Gasteiger partial charge in [0.15, 0.2) is 0 Å². The molecule has 0 heterocycles. The first-order valence-electron chi connectivity index (χ1n) is 7.85. The van der Waals surface area contributed by atoms with Crippen molar-refractivity contribution in [1.82, 2.24) is 0 Å². The van der Waals surface area contributed by atoms with Crippen molar-refractivity contribution >= 4 is 5.97 Å². The number of nitrogens with two attached hydrogens (primary N) is 1. The van der Waals surface area contributed by atoms with Crippen LogP contribution >= 0.6 is 0 Å². The Balaban J connectivity index is 1.95. The van der Waals surface area contributed by atoms with Crippen LogP contribution in [-0.2, 0) is 22.6 Å².